The van der Waals surface area contributed by atoms with Crippen molar-refractivity contribution < 1.29 is 32.3 Å². The van der Waals surface area contributed by atoms with Crippen molar-refractivity contribution >= 4 is 33.1 Å². The van der Waals surface area contributed by atoms with Gasteiger partial charge in [-0.3, -0.25) is 14.4 Å². The number of ketones is 1. The molecule has 0 saturated carbocycles. The van der Waals surface area contributed by atoms with E-state index in [0.29, 0.717) is 5.56 Å². The molecular weight excluding hydrogens is 552 g/mol. The number of carbonyl (C=O) groups is 3. The highest BCUT2D eigenvalue weighted by molar-refractivity contribution is 7.95. The lowest BCUT2D eigenvalue weighted by molar-refractivity contribution is -0.155. The van der Waals surface area contributed by atoms with E-state index in [4.69, 9.17) is 9.47 Å². The number of esters is 2. The summed E-state index contributed by atoms with van der Waals surface area (Å²) in [4.78, 5) is 39.3. The Labute approximate surface area is 244 Å². The summed E-state index contributed by atoms with van der Waals surface area (Å²) in [6, 6.07) is 32.8. The normalized spacial score (nSPS) is 14.5. The molecule has 1 heterocycles. The number of ether oxygens (including phenoxy) is 2. The molecule has 1 unspecified atom stereocenters. The SMILES string of the molecule is O=C(CC(Cc1ccccc1)C(=O)OCc1ccccc1)OCC1=C(c2ccccc2)C(=O)c2ccccc2S1(=O)=O. The maximum absolute atomic E-state index is 13.7. The van der Waals surface area contributed by atoms with Crippen LogP contribution >= 0.6 is 0 Å². The predicted octanol–water partition coefficient (Wildman–Crippen LogP) is 5.60. The first kappa shape index (κ1) is 28.7. The van der Waals surface area contributed by atoms with Crippen LogP contribution < -0.4 is 0 Å². The van der Waals surface area contributed by atoms with Crippen molar-refractivity contribution in [2.24, 2.45) is 5.92 Å². The summed E-state index contributed by atoms with van der Waals surface area (Å²) < 4.78 is 38.3. The molecule has 0 aromatic heterocycles. The molecule has 42 heavy (non-hydrogen) atoms. The lowest BCUT2D eigenvalue weighted by Gasteiger charge is -2.23. The Balaban J connectivity index is 1.38. The first-order chi connectivity index (χ1) is 20.3. The number of fused-ring (bicyclic) bond motifs is 1. The minimum absolute atomic E-state index is 0.0368. The van der Waals surface area contributed by atoms with Gasteiger partial charge in [-0.2, -0.15) is 0 Å². The van der Waals surface area contributed by atoms with Crippen LogP contribution in [0, 0.1) is 5.92 Å². The lowest BCUT2D eigenvalue weighted by atomic mass is 9.95. The van der Waals surface area contributed by atoms with Gasteiger partial charge in [0.1, 0.15) is 13.2 Å². The van der Waals surface area contributed by atoms with Gasteiger partial charge < -0.3 is 9.47 Å². The monoisotopic (exact) mass is 580 g/mol. The van der Waals surface area contributed by atoms with E-state index in [0.717, 1.165) is 11.1 Å². The molecule has 0 saturated heterocycles. The van der Waals surface area contributed by atoms with Crippen molar-refractivity contribution in [3.63, 3.8) is 0 Å². The van der Waals surface area contributed by atoms with Crippen LogP contribution in [0.2, 0.25) is 0 Å². The molecule has 1 aliphatic rings. The van der Waals surface area contributed by atoms with Crippen LogP contribution in [0.25, 0.3) is 5.57 Å². The lowest BCUT2D eigenvalue weighted by Crippen LogP contribution is -2.27. The summed E-state index contributed by atoms with van der Waals surface area (Å²) in [7, 11) is -4.15. The smallest absolute Gasteiger partial charge is 0.310 e. The van der Waals surface area contributed by atoms with E-state index in [1.165, 1.54) is 18.2 Å². The van der Waals surface area contributed by atoms with Crippen LogP contribution in [0.3, 0.4) is 0 Å². The summed E-state index contributed by atoms with van der Waals surface area (Å²) in [6.45, 7) is -0.602. The third-order valence-electron chi connectivity index (χ3n) is 6.97. The zero-order chi connectivity index (χ0) is 29.5. The van der Waals surface area contributed by atoms with E-state index < -0.39 is 40.1 Å². The van der Waals surface area contributed by atoms with Crippen molar-refractivity contribution in [1.82, 2.24) is 0 Å². The van der Waals surface area contributed by atoms with Crippen LogP contribution in [0.1, 0.15) is 33.5 Å². The largest absolute Gasteiger partial charge is 0.461 e. The second-order valence-electron chi connectivity index (χ2n) is 9.84. The average molecular weight is 581 g/mol. The molecule has 7 nitrogen and oxygen atoms in total. The number of sulfone groups is 1. The van der Waals surface area contributed by atoms with E-state index in [1.54, 1.807) is 36.4 Å². The van der Waals surface area contributed by atoms with E-state index in [-0.39, 0.29) is 40.4 Å². The zero-order valence-electron chi connectivity index (χ0n) is 22.6. The van der Waals surface area contributed by atoms with Gasteiger partial charge in [-0.25, -0.2) is 8.42 Å². The molecule has 0 N–H and O–H groups in total. The molecule has 1 atom stereocenters. The molecule has 4 aromatic rings. The maximum atomic E-state index is 13.7. The highest BCUT2D eigenvalue weighted by atomic mass is 32.2. The molecule has 212 valence electrons. The molecule has 0 aliphatic carbocycles. The molecule has 0 bridgehead atoms. The van der Waals surface area contributed by atoms with E-state index in [1.807, 2.05) is 60.7 Å². The standard InChI is InChI=1S/C34H28O7S/c35-31(21-27(20-24-12-4-1-5-13-24)34(37)41-22-25-14-6-2-7-15-25)40-23-30-32(26-16-8-3-9-17-26)33(36)28-18-10-11-19-29(28)42(30,38)39/h1-19,27H,20-23H2. The first-order valence-electron chi connectivity index (χ1n) is 13.4. The molecular formula is C34H28O7S. The quantitative estimate of drug-likeness (QED) is 0.225. The number of Topliss-reactive ketones (excluding diaryl/α,β-unsaturated/α-hetero) is 1. The van der Waals surface area contributed by atoms with Crippen molar-refractivity contribution in [3.05, 3.63) is 142 Å². The van der Waals surface area contributed by atoms with Crippen molar-refractivity contribution in [2.75, 3.05) is 6.61 Å². The molecule has 0 spiro atoms. The summed E-state index contributed by atoms with van der Waals surface area (Å²) in [5, 5.41) is 0. The first-order valence-corrected chi connectivity index (χ1v) is 14.9. The minimum Gasteiger partial charge on any atom is -0.461 e. The molecule has 0 amide bonds. The van der Waals surface area contributed by atoms with Gasteiger partial charge in [0.2, 0.25) is 9.84 Å². The highest BCUT2D eigenvalue weighted by Gasteiger charge is 2.38. The summed E-state index contributed by atoms with van der Waals surface area (Å²) in [6.07, 6.45) is -0.104. The Morgan fingerprint density at radius 3 is 1.90 bits per heavy atom. The summed E-state index contributed by atoms with van der Waals surface area (Å²) >= 11 is 0. The van der Waals surface area contributed by atoms with Crippen LogP contribution in [0.5, 0.6) is 0 Å². The van der Waals surface area contributed by atoms with Crippen LogP contribution in [-0.4, -0.2) is 32.7 Å². The zero-order valence-corrected chi connectivity index (χ0v) is 23.5. The average Bonchev–Trinajstić information content (AvgIpc) is 3.02. The van der Waals surface area contributed by atoms with Gasteiger partial charge in [-0.05, 0) is 35.2 Å². The van der Waals surface area contributed by atoms with E-state index >= 15 is 0 Å². The third-order valence-corrected chi connectivity index (χ3v) is 8.88. The number of benzene rings is 4. The van der Waals surface area contributed by atoms with Crippen LogP contribution in [0.15, 0.2) is 125 Å². The topological polar surface area (TPSA) is 104 Å². The Kier molecular flexibility index (Phi) is 8.74. The second kappa shape index (κ2) is 12.8. The molecule has 8 heteroatoms. The fourth-order valence-corrected chi connectivity index (χ4v) is 6.52. The van der Waals surface area contributed by atoms with Crippen molar-refractivity contribution in [3.8, 4) is 0 Å². The van der Waals surface area contributed by atoms with Crippen molar-refractivity contribution in [1.29, 1.82) is 0 Å². The number of hydrogen-bond acceptors (Lipinski definition) is 7. The second-order valence-corrected chi connectivity index (χ2v) is 11.8. The number of allylic oxidation sites excluding steroid dienone is 1. The summed E-state index contributed by atoms with van der Waals surface area (Å²) in [5.74, 6) is -2.69. The summed E-state index contributed by atoms with van der Waals surface area (Å²) in [5.41, 5.74) is 2.07. The fraction of sp³-hybridized carbons (Fsp3) is 0.147. The van der Waals surface area contributed by atoms with Crippen molar-refractivity contribution in [2.45, 2.75) is 24.3 Å². The van der Waals surface area contributed by atoms with Gasteiger partial charge in [0.05, 0.1) is 22.1 Å². The Hall–Kier alpha value is -4.82. The van der Waals surface area contributed by atoms with Gasteiger partial charge in [-0.1, -0.05) is 103 Å². The highest BCUT2D eigenvalue weighted by Crippen LogP contribution is 2.37. The van der Waals surface area contributed by atoms with Gasteiger partial charge in [-0.15, -0.1) is 0 Å². The fourth-order valence-electron chi connectivity index (χ4n) is 4.85. The molecule has 1 aliphatic heterocycles. The predicted molar refractivity (Wildman–Crippen MR) is 157 cm³/mol. The Morgan fingerprint density at radius 1 is 0.667 bits per heavy atom. The molecule has 5 rings (SSSR count). The number of rotatable bonds is 10. The van der Waals surface area contributed by atoms with Gasteiger partial charge in [0.15, 0.2) is 5.78 Å². The molecule has 0 fully saturated rings. The van der Waals surface area contributed by atoms with E-state index in [9.17, 15) is 22.8 Å². The minimum atomic E-state index is -4.15. The van der Waals surface area contributed by atoms with Gasteiger partial charge in [0, 0.05) is 11.1 Å². The Bertz CT molecular complexity index is 1730. The Morgan fingerprint density at radius 2 is 1.24 bits per heavy atom. The number of hydrogen-bond donors (Lipinski definition) is 0. The van der Waals surface area contributed by atoms with Crippen LogP contribution in [-0.2, 0) is 41.9 Å². The van der Waals surface area contributed by atoms with E-state index in [2.05, 4.69) is 0 Å². The van der Waals surface area contributed by atoms with Gasteiger partial charge in [0.25, 0.3) is 0 Å². The third kappa shape index (κ3) is 6.39. The number of carbonyl (C=O) groups excluding carboxylic acids is 3. The van der Waals surface area contributed by atoms with Gasteiger partial charge >= 0.3 is 11.9 Å². The molecule has 4 aromatic carbocycles. The molecule has 0 radical (unpaired) electrons. The maximum Gasteiger partial charge on any atom is 0.310 e. The van der Waals surface area contributed by atoms with Crippen LogP contribution in [0.4, 0.5) is 0 Å².